The van der Waals surface area contributed by atoms with Gasteiger partial charge < -0.3 is 10.6 Å². The molecular weight excluding hydrogens is 312 g/mol. The van der Waals surface area contributed by atoms with Crippen molar-refractivity contribution in [2.45, 2.75) is 64.1 Å². The fraction of sp³-hybridized carbons (Fsp3) is 0.500. The lowest BCUT2D eigenvalue weighted by atomic mass is 9.95. The lowest BCUT2D eigenvalue weighted by Crippen LogP contribution is -2.36. The summed E-state index contributed by atoms with van der Waals surface area (Å²) in [5.41, 5.74) is 2.86. The van der Waals surface area contributed by atoms with Crippen molar-refractivity contribution in [3.8, 4) is 0 Å². The summed E-state index contributed by atoms with van der Waals surface area (Å²) in [6, 6.07) is 10.8. The minimum Gasteiger partial charge on any atom is -0.361 e. The van der Waals surface area contributed by atoms with Gasteiger partial charge in [-0.3, -0.25) is 4.79 Å². The molecule has 1 fully saturated rings. The molecule has 25 heavy (non-hydrogen) atoms. The Bertz CT molecular complexity index is 747. The Balaban J connectivity index is 1.56. The third-order valence-electron chi connectivity index (χ3n) is 5.40. The average molecular weight is 338 g/mol. The minimum atomic E-state index is 0.0335. The zero-order valence-corrected chi connectivity index (χ0v) is 14.8. The first kappa shape index (κ1) is 16.2. The minimum absolute atomic E-state index is 0.0335. The number of carbonyl (C=O) groups is 1. The predicted octanol–water partition coefficient (Wildman–Crippen LogP) is 3.67. The summed E-state index contributed by atoms with van der Waals surface area (Å²) < 4.78 is 1.96. The smallest absolute Gasteiger partial charge is 0.257 e. The van der Waals surface area contributed by atoms with Gasteiger partial charge in [0.1, 0.15) is 11.4 Å². The molecule has 2 aliphatic rings. The van der Waals surface area contributed by atoms with Crippen LogP contribution >= 0.6 is 0 Å². The van der Waals surface area contributed by atoms with E-state index in [9.17, 15) is 4.79 Å². The van der Waals surface area contributed by atoms with E-state index in [1.54, 1.807) is 0 Å². The summed E-state index contributed by atoms with van der Waals surface area (Å²) in [5, 5.41) is 11.5. The second-order valence-corrected chi connectivity index (χ2v) is 7.12. The molecule has 132 valence electrons. The Labute approximate surface area is 148 Å². The Morgan fingerprint density at radius 1 is 1.24 bits per heavy atom. The number of nitrogens with one attached hydrogen (secondary N) is 2. The number of hydrogen-bond acceptors (Lipinski definition) is 3. The highest BCUT2D eigenvalue weighted by Gasteiger charge is 2.31. The number of anilines is 1. The first-order valence-electron chi connectivity index (χ1n) is 9.48. The Hall–Kier alpha value is -2.30. The SMILES string of the molecule is CCc1nn2c(c1C(=O)NC1CCCCC1)N[C@H](c1ccccc1)C2. The fourth-order valence-electron chi connectivity index (χ4n) is 4.04. The van der Waals surface area contributed by atoms with E-state index in [0.717, 1.165) is 42.9 Å². The molecule has 1 amide bonds. The highest BCUT2D eigenvalue weighted by Crippen LogP contribution is 2.33. The van der Waals surface area contributed by atoms with Crippen LogP contribution in [0.15, 0.2) is 30.3 Å². The van der Waals surface area contributed by atoms with Crippen LogP contribution in [0, 0.1) is 0 Å². The molecule has 4 rings (SSSR count). The Morgan fingerprint density at radius 3 is 2.72 bits per heavy atom. The number of aromatic nitrogens is 2. The quantitative estimate of drug-likeness (QED) is 0.894. The van der Waals surface area contributed by atoms with Gasteiger partial charge in [0, 0.05) is 6.04 Å². The molecule has 2 aromatic rings. The van der Waals surface area contributed by atoms with E-state index in [0.29, 0.717) is 6.04 Å². The van der Waals surface area contributed by atoms with Crippen LogP contribution in [-0.2, 0) is 13.0 Å². The van der Waals surface area contributed by atoms with Crippen molar-refractivity contribution in [1.82, 2.24) is 15.1 Å². The maximum atomic E-state index is 13.0. The van der Waals surface area contributed by atoms with E-state index in [-0.39, 0.29) is 11.9 Å². The molecule has 0 spiro atoms. The Kier molecular flexibility index (Phi) is 4.47. The molecule has 0 saturated heterocycles. The maximum Gasteiger partial charge on any atom is 0.257 e. The second kappa shape index (κ2) is 6.90. The monoisotopic (exact) mass is 338 g/mol. The molecule has 1 aliphatic heterocycles. The number of carbonyl (C=O) groups excluding carboxylic acids is 1. The van der Waals surface area contributed by atoms with Gasteiger partial charge in [0.15, 0.2) is 0 Å². The summed E-state index contributed by atoms with van der Waals surface area (Å²) in [6.45, 7) is 2.83. The van der Waals surface area contributed by atoms with Gasteiger partial charge in [0.25, 0.3) is 5.91 Å². The molecule has 0 radical (unpaired) electrons. The maximum absolute atomic E-state index is 13.0. The molecule has 1 aromatic carbocycles. The van der Waals surface area contributed by atoms with Gasteiger partial charge in [0.2, 0.25) is 0 Å². The number of nitrogens with zero attached hydrogens (tertiary/aromatic N) is 2. The number of amides is 1. The van der Waals surface area contributed by atoms with Crippen LogP contribution in [0.3, 0.4) is 0 Å². The van der Waals surface area contributed by atoms with E-state index in [4.69, 9.17) is 5.10 Å². The zero-order valence-electron chi connectivity index (χ0n) is 14.8. The summed E-state index contributed by atoms with van der Waals surface area (Å²) in [6.07, 6.45) is 6.67. The van der Waals surface area contributed by atoms with Gasteiger partial charge in [-0.05, 0) is 24.8 Å². The molecule has 1 aromatic heterocycles. The van der Waals surface area contributed by atoms with Crippen molar-refractivity contribution in [1.29, 1.82) is 0 Å². The summed E-state index contributed by atoms with van der Waals surface area (Å²) >= 11 is 0. The molecule has 1 saturated carbocycles. The van der Waals surface area contributed by atoms with Gasteiger partial charge >= 0.3 is 0 Å². The van der Waals surface area contributed by atoms with Crippen molar-refractivity contribution in [3.63, 3.8) is 0 Å². The molecule has 5 nitrogen and oxygen atoms in total. The fourth-order valence-corrected chi connectivity index (χ4v) is 4.04. The van der Waals surface area contributed by atoms with Crippen molar-refractivity contribution in [2.75, 3.05) is 5.32 Å². The van der Waals surface area contributed by atoms with Crippen molar-refractivity contribution >= 4 is 11.7 Å². The zero-order chi connectivity index (χ0) is 17.2. The molecule has 0 unspecified atom stereocenters. The number of rotatable bonds is 4. The van der Waals surface area contributed by atoms with E-state index < -0.39 is 0 Å². The van der Waals surface area contributed by atoms with Crippen LogP contribution in [0.4, 0.5) is 5.82 Å². The van der Waals surface area contributed by atoms with Crippen LogP contribution in [0.1, 0.15) is 66.7 Å². The molecule has 0 bridgehead atoms. The highest BCUT2D eigenvalue weighted by molar-refractivity contribution is 6.00. The van der Waals surface area contributed by atoms with Crippen LogP contribution in [0.25, 0.3) is 0 Å². The van der Waals surface area contributed by atoms with Crippen molar-refractivity contribution < 1.29 is 4.79 Å². The predicted molar refractivity (Wildman–Crippen MR) is 98.7 cm³/mol. The van der Waals surface area contributed by atoms with E-state index in [1.807, 2.05) is 22.9 Å². The number of aryl methyl sites for hydroxylation is 1. The second-order valence-electron chi connectivity index (χ2n) is 7.12. The van der Waals surface area contributed by atoms with E-state index in [1.165, 1.54) is 24.8 Å². The average Bonchev–Trinajstić information content (AvgIpc) is 3.20. The number of hydrogen-bond donors (Lipinski definition) is 2. The van der Waals surface area contributed by atoms with Crippen molar-refractivity contribution in [3.05, 3.63) is 47.2 Å². The Morgan fingerprint density at radius 2 is 2.00 bits per heavy atom. The van der Waals surface area contributed by atoms with Gasteiger partial charge in [-0.2, -0.15) is 5.10 Å². The number of benzene rings is 1. The lowest BCUT2D eigenvalue weighted by Gasteiger charge is -2.23. The third kappa shape index (κ3) is 3.15. The summed E-state index contributed by atoms with van der Waals surface area (Å²) in [5.74, 6) is 0.908. The van der Waals surface area contributed by atoms with Gasteiger partial charge in [-0.25, -0.2) is 4.68 Å². The lowest BCUT2D eigenvalue weighted by molar-refractivity contribution is 0.0927. The van der Waals surface area contributed by atoms with Crippen LogP contribution in [0.2, 0.25) is 0 Å². The first-order chi connectivity index (χ1) is 12.3. The topological polar surface area (TPSA) is 59.0 Å². The van der Waals surface area contributed by atoms with Gasteiger partial charge in [-0.15, -0.1) is 0 Å². The van der Waals surface area contributed by atoms with Crippen molar-refractivity contribution in [2.24, 2.45) is 0 Å². The van der Waals surface area contributed by atoms with E-state index >= 15 is 0 Å². The summed E-state index contributed by atoms with van der Waals surface area (Å²) in [7, 11) is 0. The normalized spacial score (nSPS) is 20.1. The molecule has 1 aliphatic carbocycles. The third-order valence-corrected chi connectivity index (χ3v) is 5.40. The molecule has 2 N–H and O–H groups in total. The molecule has 5 heteroatoms. The van der Waals surface area contributed by atoms with Crippen LogP contribution in [0.5, 0.6) is 0 Å². The molecule has 1 atom stereocenters. The van der Waals surface area contributed by atoms with Gasteiger partial charge in [0.05, 0.1) is 18.3 Å². The van der Waals surface area contributed by atoms with Gasteiger partial charge in [-0.1, -0.05) is 56.5 Å². The number of fused-ring (bicyclic) bond motifs is 1. The van der Waals surface area contributed by atoms with E-state index in [2.05, 4.69) is 29.7 Å². The largest absolute Gasteiger partial charge is 0.361 e. The standard InChI is InChI=1S/C20H26N4O/c1-2-16-18(20(25)21-15-11-7-4-8-12-15)19-22-17(13-24(19)23-16)14-9-5-3-6-10-14/h3,5-6,9-10,15,17,22H,2,4,7-8,11-13H2,1H3,(H,21,25)/t17-/m0/s1. The van der Waals surface area contributed by atoms with Crippen LogP contribution < -0.4 is 10.6 Å². The summed E-state index contributed by atoms with van der Waals surface area (Å²) in [4.78, 5) is 13.0. The first-order valence-corrected chi connectivity index (χ1v) is 9.48. The highest BCUT2D eigenvalue weighted by atomic mass is 16.1. The molecule has 2 heterocycles. The van der Waals surface area contributed by atoms with Crippen LogP contribution in [-0.4, -0.2) is 21.7 Å². The molecular formula is C20H26N4O.